The Bertz CT molecular complexity index is 1280. The molecule has 1 saturated carbocycles. The second-order valence-corrected chi connectivity index (χ2v) is 10.4. The zero-order valence-electron chi connectivity index (χ0n) is 16.8. The summed E-state index contributed by atoms with van der Waals surface area (Å²) in [6.45, 7) is 0. The number of nitrogens with one attached hydrogen (secondary N) is 2. The van der Waals surface area contributed by atoms with Gasteiger partial charge in [-0.05, 0) is 54.1 Å². The van der Waals surface area contributed by atoms with E-state index < -0.39 is 39.6 Å². The molecule has 1 aliphatic carbocycles. The lowest BCUT2D eigenvalue weighted by Gasteiger charge is -2.11. The average molecular weight is 565 g/mol. The van der Waals surface area contributed by atoms with Crippen molar-refractivity contribution < 1.29 is 18.4 Å². The van der Waals surface area contributed by atoms with Gasteiger partial charge >= 0.3 is 0 Å². The van der Waals surface area contributed by atoms with Crippen LogP contribution in [-0.2, 0) is 4.79 Å². The van der Waals surface area contributed by atoms with Crippen molar-refractivity contribution >= 4 is 81.2 Å². The summed E-state index contributed by atoms with van der Waals surface area (Å²) < 4.78 is 25.5. The predicted molar refractivity (Wildman–Crippen MR) is 132 cm³/mol. The quantitative estimate of drug-likeness (QED) is 0.312. The van der Waals surface area contributed by atoms with Crippen molar-refractivity contribution in [3.05, 3.63) is 92.4 Å². The number of hydrogen-bond acceptors (Lipinski definition) is 2. The topological polar surface area (TPSA) is 58.2 Å². The molecule has 0 saturated heterocycles. The van der Waals surface area contributed by atoms with E-state index in [2.05, 4.69) is 10.6 Å². The fourth-order valence-corrected chi connectivity index (χ4v) is 5.16. The molecular formula is C23H13Cl5F2N2O2. The molecule has 3 aromatic carbocycles. The van der Waals surface area contributed by atoms with Crippen molar-refractivity contribution in [2.75, 3.05) is 10.6 Å². The molecule has 3 aromatic rings. The Morgan fingerprint density at radius 1 is 0.824 bits per heavy atom. The molecule has 2 amide bonds. The Hall–Kier alpha value is -2.09. The first kappa shape index (κ1) is 25.0. The van der Waals surface area contributed by atoms with Gasteiger partial charge in [0.15, 0.2) is 0 Å². The minimum absolute atomic E-state index is 0.117. The maximum atomic E-state index is 13.4. The first-order valence-corrected chi connectivity index (χ1v) is 11.6. The van der Waals surface area contributed by atoms with Crippen LogP contribution in [0.2, 0.25) is 15.1 Å². The highest BCUT2D eigenvalue weighted by molar-refractivity contribution is 6.53. The lowest BCUT2D eigenvalue weighted by molar-refractivity contribution is -0.117. The van der Waals surface area contributed by atoms with E-state index in [0.29, 0.717) is 21.7 Å². The molecule has 1 aliphatic rings. The monoisotopic (exact) mass is 562 g/mol. The Morgan fingerprint density at radius 2 is 1.44 bits per heavy atom. The summed E-state index contributed by atoms with van der Waals surface area (Å²) >= 11 is 31.0. The van der Waals surface area contributed by atoms with E-state index in [1.54, 1.807) is 18.2 Å². The zero-order valence-corrected chi connectivity index (χ0v) is 20.6. The maximum absolute atomic E-state index is 13.4. The number of benzene rings is 3. The van der Waals surface area contributed by atoms with Gasteiger partial charge in [-0.3, -0.25) is 9.59 Å². The highest BCUT2D eigenvalue weighted by Gasteiger charge is 2.67. The van der Waals surface area contributed by atoms with Crippen molar-refractivity contribution in [3.63, 3.8) is 0 Å². The van der Waals surface area contributed by atoms with Gasteiger partial charge in [0.2, 0.25) is 5.91 Å². The minimum Gasteiger partial charge on any atom is -0.326 e. The molecule has 176 valence electrons. The van der Waals surface area contributed by atoms with Gasteiger partial charge in [0.25, 0.3) is 5.91 Å². The van der Waals surface area contributed by atoms with Crippen LogP contribution in [-0.4, -0.2) is 16.1 Å². The van der Waals surface area contributed by atoms with Crippen LogP contribution in [0.25, 0.3) is 0 Å². The van der Waals surface area contributed by atoms with Crippen molar-refractivity contribution in [1.29, 1.82) is 0 Å². The van der Waals surface area contributed by atoms with Crippen molar-refractivity contribution in [1.82, 2.24) is 0 Å². The molecule has 0 radical (unpaired) electrons. The van der Waals surface area contributed by atoms with Gasteiger partial charge < -0.3 is 10.6 Å². The third-order valence-corrected chi connectivity index (χ3v) is 6.89. The van der Waals surface area contributed by atoms with Crippen LogP contribution in [0.15, 0.2) is 54.6 Å². The molecule has 0 spiro atoms. The van der Waals surface area contributed by atoms with E-state index in [1.807, 2.05) is 0 Å². The second-order valence-electron chi connectivity index (χ2n) is 7.63. The van der Waals surface area contributed by atoms with Crippen LogP contribution >= 0.6 is 58.0 Å². The summed E-state index contributed by atoms with van der Waals surface area (Å²) in [5.74, 6) is -4.40. The smallest absolute Gasteiger partial charge is 0.255 e. The second kappa shape index (κ2) is 9.51. The fraction of sp³-hybridized carbons (Fsp3) is 0.130. The maximum Gasteiger partial charge on any atom is 0.255 e. The Balaban J connectivity index is 1.51. The summed E-state index contributed by atoms with van der Waals surface area (Å²) in [6.07, 6.45) is 0. The van der Waals surface area contributed by atoms with Crippen LogP contribution in [0.1, 0.15) is 21.8 Å². The highest BCUT2D eigenvalue weighted by atomic mass is 35.5. The first-order chi connectivity index (χ1) is 16.0. The molecule has 0 aromatic heterocycles. The molecule has 1 fully saturated rings. The number of carbonyl (C=O) groups is 2. The van der Waals surface area contributed by atoms with Gasteiger partial charge in [-0.25, -0.2) is 8.78 Å². The van der Waals surface area contributed by atoms with Crippen molar-refractivity contribution in [2.45, 2.75) is 10.3 Å². The summed E-state index contributed by atoms with van der Waals surface area (Å²) in [5, 5.41) is 6.06. The molecule has 4 nitrogen and oxygen atoms in total. The third kappa shape index (κ3) is 5.26. The van der Waals surface area contributed by atoms with E-state index in [1.165, 1.54) is 18.2 Å². The molecule has 0 aliphatic heterocycles. The Labute approximate surface area is 218 Å². The lowest BCUT2D eigenvalue weighted by Crippen LogP contribution is -2.18. The summed E-state index contributed by atoms with van der Waals surface area (Å²) in [6, 6.07) is 11.6. The van der Waals surface area contributed by atoms with Gasteiger partial charge in [-0.2, -0.15) is 0 Å². The first-order valence-electron chi connectivity index (χ1n) is 9.67. The molecule has 4 rings (SSSR count). The average Bonchev–Trinajstić information content (AvgIpc) is 3.31. The van der Waals surface area contributed by atoms with Gasteiger partial charge in [0.05, 0.1) is 16.6 Å². The molecule has 0 bridgehead atoms. The zero-order chi connectivity index (χ0) is 24.8. The number of amides is 2. The molecule has 2 N–H and O–H groups in total. The van der Waals surface area contributed by atoms with Gasteiger partial charge in [-0.1, -0.05) is 34.8 Å². The third-order valence-electron chi connectivity index (χ3n) is 5.19. The van der Waals surface area contributed by atoms with Gasteiger partial charge in [0.1, 0.15) is 16.0 Å². The largest absolute Gasteiger partial charge is 0.326 e. The van der Waals surface area contributed by atoms with Crippen LogP contribution < -0.4 is 10.6 Å². The number of carbonyl (C=O) groups excluding carboxylic acids is 2. The number of rotatable bonds is 5. The molecule has 2 atom stereocenters. The molecule has 2 unspecified atom stereocenters. The van der Waals surface area contributed by atoms with E-state index in [-0.39, 0.29) is 22.0 Å². The summed E-state index contributed by atoms with van der Waals surface area (Å²) in [5.41, 5.74) is 0.784. The predicted octanol–water partition coefficient (Wildman–Crippen LogP) is 7.70. The van der Waals surface area contributed by atoms with Crippen molar-refractivity contribution in [3.8, 4) is 0 Å². The van der Waals surface area contributed by atoms with Gasteiger partial charge in [0, 0.05) is 33.3 Å². The van der Waals surface area contributed by atoms with Crippen LogP contribution in [0.3, 0.4) is 0 Å². The minimum atomic E-state index is -1.37. The molecule has 34 heavy (non-hydrogen) atoms. The lowest BCUT2D eigenvalue weighted by atomic mass is 10.1. The van der Waals surface area contributed by atoms with E-state index in [4.69, 9.17) is 58.0 Å². The molecule has 0 heterocycles. The number of alkyl halides is 2. The fourth-order valence-electron chi connectivity index (χ4n) is 3.62. The number of halogens is 7. The van der Waals surface area contributed by atoms with Gasteiger partial charge in [-0.15, -0.1) is 23.2 Å². The van der Waals surface area contributed by atoms with E-state index in [9.17, 15) is 18.4 Å². The SMILES string of the molecule is O=C(Nc1cc(NC(=O)C2C(c3cc(Cl)cc(Cl)c3)C2(Cl)Cl)ccc1Cl)c1cc(F)cc(F)c1. The summed E-state index contributed by atoms with van der Waals surface area (Å²) in [4.78, 5) is 25.3. The van der Waals surface area contributed by atoms with Crippen LogP contribution in [0, 0.1) is 17.6 Å². The van der Waals surface area contributed by atoms with Crippen LogP contribution in [0.5, 0.6) is 0 Å². The standard InChI is InChI=1S/C23H13Cl5F2N2O2/c24-12-3-10(4-13(25)7-12)19-20(23(19,27)28)22(34)31-16-1-2-17(26)18(9-16)32-21(33)11-5-14(29)8-15(30)6-11/h1-9,19-20H,(H,31,34)(H,32,33). The van der Waals surface area contributed by atoms with Crippen LogP contribution in [0.4, 0.5) is 20.2 Å². The van der Waals surface area contributed by atoms with Crippen molar-refractivity contribution in [2.24, 2.45) is 5.92 Å². The number of hydrogen-bond donors (Lipinski definition) is 2. The molecular weight excluding hydrogens is 552 g/mol. The Kier molecular flexibility index (Phi) is 7.00. The van der Waals surface area contributed by atoms with E-state index >= 15 is 0 Å². The Morgan fingerprint density at radius 3 is 2.06 bits per heavy atom. The molecule has 11 heteroatoms. The highest BCUT2D eigenvalue weighted by Crippen LogP contribution is 2.65. The van der Waals surface area contributed by atoms with E-state index in [0.717, 1.165) is 12.1 Å². The normalized spacial score (nSPS) is 18.3. The summed E-state index contributed by atoms with van der Waals surface area (Å²) in [7, 11) is 0. The number of anilines is 2.